The second-order valence-corrected chi connectivity index (χ2v) is 3.56. The second kappa shape index (κ2) is 6.88. The van der Waals surface area contributed by atoms with E-state index in [0.717, 1.165) is 5.69 Å². The molecule has 0 saturated heterocycles. The van der Waals surface area contributed by atoms with Gasteiger partial charge in [0, 0.05) is 18.3 Å². The summed E-state index contributed by atoms with van der Waals surface area (Å²) in [5.41, 5.74) is 0.829. The standard InChI is InChI=1S/C8H9NO2.H2O4S/c10-8(11)5-4-7-3-1-2-6-9-7;1-5(2,3)4/h1-3,6H,4-5H2,(H,10,11);(H2,1,2,3,4). The molecule has 0 aromatic carbocycles. The third-order valence-electron chi connectivity index (χ3n) is 1.32. The van der Waals surface area contributed by atoms with Gasteiger partial charge >= 0.3 is 16.4 Å². The Morgan fingerprint density at radius 2 is 1.88 bits per heavy atom. The Hall–Kier alpha value is -1.51. The number of carboxylic acid groups (broad SMARTS) is 1. The third-order valence-corrected chi connectivity index (χ3v) is 1.32. The first-order valence-electron chi connectivity index (χ1n) is 4.10. The second-order valence-electron chi connectivity index (χ2n) is 2.66. The fourth-order valence-electron chi connectivity index (χ4n) is 0.781. The maximum atomic E-state index is 10.1. The van der Waals surface area contributed by atoms with Crippen LogP contribution in [0.15, 0.2) is 24.4 Å². The van der Waals surface area contributed by atoms with Gasteiger partial charge in [0.2, 0.25) is 0 Å². The number of carboxylic acids is 1. The minimum absolute atomic E-state index is 0.150. The zero-order valence-electron chi connectivity index (χ0n) is 8.15. The Labute approximate surface area is 92.3 Å². The first-order valence-corrected chi connectivity index (χ1v) is 5.50. The normalized spacial score (nSPS) is 10.1. The molecule has 16 heavy (non-hydrogen) atoms. The van der Waals surface area contributed by atoms with Crippen LogP contribution >= 0.6 is 0 Å². The Morgan fingerprint density at radius 1 is 1.31 bits per heavy atom. The van der Waals surface area contributed by atoms with E-state index in [9.17, 15) is 4.79 Å². The highest BCUT2D eigenvalue weighted by Gasteiger charge is 1.97. The number of aliphatic carboxylic acids is 1. The lowest BCUT2D eigenvalue weighted by Gasteiger charge is -1.94. The van der Waals surface area contributed by atoms with Crippen LogP contribution in [0.3, 0.4) is 0 Å². The molecule has 0 unspecified atom stereocenters. The molecule has 0 aliphatic rings. The van der Waals surface area contributed by atoms with Crippen LogP contribution in [-0.4, -0.2) is 33.6 Å². The fourth-order valence-corrected chi connectivity index (χ4v) is 0.781. The molecule has 0 radical (unpaired) electrons. The summed E-state index contributed by atoms with van der Waals surface area (Å²) in [6.45, 7) is 0. The van der Waals surface area contributed by atoms with E-state index in [1.807, 2.05) is 18.2 Å². The molecular formula is C8H11NO6S. The molecule has 0 saturated carbocycles. The average Bonchev–Trinajstić information content (AvgIpc) is 2.14. The van der Waals surface area contributed by atoms with Gasteiger partial charge in [-0.1, -0.05) is 6.07 Å². The van der Waals surface area contributed by atoms with Crippen molar-refractivity contribution in [2.75, 3.05) is 0 Å². The Bertz CT molecular complexity index is 407. The topological polar surface area (TPSA) is 125 Å². The van der Waals surface area contributed by atoms with Crippen molar-refractivity contribution in [3.63, 3.8) is 0 Å². The Morgan fingerprint density at radius 3 is 2.25 bits per heavy atom. The third kappa shape index (κ3) is 12.5. The van der Waals surface area contributed by atoms with Gasteiger partial charge in [-0.3, -0.25) is 18.9 Å². The summed E-state index contributed by atoms with van der Waals surface area (Å²) in [6, 6.07) is 5.48. The van der Waals surface area contributed by atoms with E-state index in [4.69, 9.17) is 22.6 Å². The molecule has 0 fully saturated rings. The molecule has 0 atom stereocenters. The summed E-state index contributed by atoms with van der Waals surface area (Å²) in [5, 5.41) is 8.35. The lowest BCUT2D eigenvalue weighted by molar-refractivity contribution is -0.136. The largest absolute Gasteiger partial charge is 0.481 e. The molecule has 8 heteroatoms. The SMILES string of the molecule is O=C(O)CCc1ccccn1.O=S(=O)(O)O. The van der Waals surface area contributed by atoms with Crippen LogP contribution in [-0.2, 0) is 21.6 Å². The van der Waals surface area contributed by atoms with Gasteiger partial charge in [0.15, 0.2) is 0 Å². The highest BCUT2D eigenvalue weighted by atomic mass is 32.3. The molecule has 1 rings (SSSR count). The maximum absolute atomic E-state index is 10.1. The van der Waals surface area contributed by atoms with Gasteiger partial charge in [-0.05, 0) is 12.1 Å². The van der Waals surface area contributed by atoms with Gasteiger partial charge < -0.3 is 5.11 Å². The van der Waals surface area contributed by atoms with Gasteiger partial charge in [-0.25, -0.2) is 0 Å². The van der Waals surface area contributed by atoms with E-state index in [-0.39, 0.29) is 6.42 Å². The summed E-state index contributed by atoms with van der Waals surface area (Å²) >= 11 is 0. The van der Waals surface area contributed by atoms with Crippen molar-refractivity contribution in [3.8, 4) is 0 Å². The molecular weight excluding hydrogens is 238 g/mol. The van der Waals surface area contributed by atoms with E-state index in [0.29, 0.717) is 6.42 Å². The number of rotatable bonds is 3. The minimum atomic E-state index is -4.67. The van der Waals surface area contributed by atoms with E-state index >= 15 is 0 Å². The summed E-state index contributed by atoms with van der Waals surface area (Å²) in [6.07, 6.45) is 2.32. The zero-order chi connectivity index (χ0) is 12.6. The summed E-state index contributed by atoms with van der Waals surface area (Å²) in [4.78, 5) is 14.1. The molecule has 0 bridgehead atoms. The van der Waals surface area contributed by atoms with Crippen LogP contribution in [0.4, 0.5) is 0 Å². The van der Waals surface area contributed by atoms with Crippen LogP contribution in [0.25, 0.3) is 0 Å². The number of nitrogens with zero attached hydrogens (tertiary/aromatic N) is 1. The molecule has 0 spiro atoms. The number of aromatic nitrogens is 1. The van der Waals surface area contributed by atoms with Crippen molar-refractivity contribution in [1.29, 1.82) is 0 Å². The smallest absolute Gasteiger partial charge is 0.394 e. The molecule has 0 aliphatic heterocycles. The number of carbonyl (C=O) groups is 1. The molecule has 1 aromatic rings. The van der Waals surface area contributed by atoms with E-state index in [2.05, 4.69) is 4.98 Å². The lowest BCUT2D eigenvalue weighted by atomic mass is 10.2. The molecule has 3 N–H and O–H groups in total. The molecule has 0 aliphatic carbocycles. The summed E-state index contributed by atoms with van der Waals surface area (Å²) in [7, 11) is -4.67. The summed E-state index contributed by atoms with van der Waals surface area (Å²) in [5.74, 6) is -0.782. The first kappa shape index (κ1) is 14.5. The van der Waals surface area contributed by atoms with Gasteiger partial charge in [0.1, 0.15) is 0 Å². The highest BCUT2D eigenvalue weighted by molar-refractivity contribution is 7.79. The van der Waals surface area contributed by atoms with Crippen LogP contribution in [0.2, 0.25) is 0 Å². The summed E-state index contributed by atoms with van der Waals surface area (Å²) < 4.78 is 31.6. The maximum Gasteiger partial charge on any atom is 0.394 e. The quantitative estimate of drug-likeness (QED) is 0.664. The van der Waals surface area contributed by atoms with E-state index < -0.39 is 16.4 Å². The predicted molar refractivity (Wildman–Crippen MR) is 54.4 cm³/mol. The van der Waals surface area contributed by atoms with Crippen molar-refractivity contribution >= 4 is 16.4 Å². The monoisotopic (exact) mass is 249 g/mol. The zero-order valence-corrected chi connectivity index (χ0v) is 8.96. The lowest BCUT2D eigenvalue weighted by Crippen LogP contribution is -1.98. The van der Waals surface area contributed by atoms with Gasteiger partial charge in [-0.15, -0.1) is 0 Å². The number of pyridine rings is 1. The number of hydrogen-bond acceptors (Lipinski definition) is 4. The van der Waals surface area contributed by atoms with Crippen molar-refractivity contribution in [3.05, 3.63) is 30.1 Å². The van der Waals surface area contributed by atoms with Crippen molar-refractivity contribution < 1.29 is 27.4 Å². The number of hydrogen-bond donors (Lipinski definition) is 3. The molecule has 90 valence electrons. The molecule has 0 amide bonds. The van der Waals surface area contributed by atoms with Crippen LogP contribution in [0.1, 0.15) is 12.1 Å². The first-order chi connectivity index (χ1) is 7.29. The van der Waals surface area contributed by atoms with Gasteiger partial charge in [0.25, 0.3) is 0 Å². The Balaban J connectivity index is 0.000000385. The van der Waals surface area contributed by atoms with Gasteiger partial charge in [-0.2, -0.15) is 8.42 Å². The molecule has 1 heterocycles. The van der Waals surface area contributed by atoms with E-state index in [1.165, 1.54) is 0 Å². The van der Waals surface area contributed by atoms with Gasteiger partial charge in [0.05, 0.1) is 6.42 Å². The molecule has 7 nitrogen and oxygen atoms in total. The van der Waals surface area contributed by atoms with Crippen molar-refractivity contribution in [1.82, 2.24) is 4.98 Å². The van der Waals surface area contributed by atoms with Crippen LogP contribution in [0.5, 0.6) is 0 Å². The minimum Gasteiger partial charge on any atom is -0.481 e. The van der Waals surface area contributed by atoms with E-state index in [1.54, 1.807) is 6.20 Å². The molecule has 1 aromatic heterocycles. The predicted octanol–water partition coefficient (Wildman–Crippen LogP) is 0.446. The van der Waals surface area contributed by atoms with Crippen molar-refractivity contribution in [2.45, 2.75) is 12.8 Å². The number of aryl methyl sites for hydroxylation is 1. The van der Waals surface area contributed by atoms with Crippen LogP contribution in [0, 0.1) is 0 Å². The Kier molecular flexibility index (Phi) is 6.23. The fraction of sp³-hybridized carbons (Fsp3) is 0.250. The highest BCUT2D eigenvalue weighted by Crippen LogP contribution is 1.97. The van der Waals surface area contributed by atoms with Crippen molar-refractivity contribution in [2.24, 2.45) is 0 Å². The van der Waals surface area contributed by atoms with Crippen LogP contribution < -0.4 is 0 Å². The average molecular weight is 249 g/mol.